The number of hydrogen-bond donors (Lipinski definition) is 1. The molecule has 0 amide bonds. The Labute approximate surface area is 105 Å². The Morgan fingerprint density at radius 1 is 1.24 bits per heavy atom. The Morgan fingerprint density at radius 2 is 2.00 bits per heavy atom. The van der Waals surface area contributed by atoms with Crippen LogP contribution in [0.4, 0.5) is 0 Å². The van der Waals surface area contributed by atoms with Gasteiger partial charge in [-0.15, -0.1) is 0 Å². The molecule has 2 rings (SSSR count). The van der Waals surface area contributed by atoms with Crippen LogP contribution >= 0.6 is 0 Å². The van der Waals surface area contributed by atoms with Gasteiger partial charge in [-0.1, -0.05) is 36.8 Å². The lowest BCUT2D eigenvalue weighted by atomic mass is 9.90. The molecular formula is C15H24N2. The number of likely N-dealkylation sites (N-methyl/N-ethyl adjacent to an activating group) is 1. The van der Waals surface area contributed by atoms with Gasteiger partial charge in [0.05, 0.1) is 0 Å². The number of hydrogen-bond acceptors (Lipinski definition) is 2. The van der Waals surface area contributed by atoms with E-state index < -0.39 is 0 Å². The van der Waals surface area contributed by atoms with Gasteiger partial charge in [0.25, 0.3) is 0 Å². The summed E-state index contributed by atoms with van der Waals surface area (Å²) in [4.78, 5) is 2.42. The molecule has 1 aromatic rings. The predicted octanol–water partition coefficient (Wildman–Crippen LogP) is 2.65. The molecule has 0 aliphatic carbocycles. The van der Waals surface area contributed by atoms with Crippen molar-refractivity contribution in [3.63, 3.8) is 0 Å². The van der Waals surface area contributed by atoms with E-state index in [0.29, 0.717) is 5.54 Å². The molecule has 0 bridgehead atoms. The molecule has 0 aromatic heterocycles. The van der Waals surface area contributed by atoms with E-state index in [9.17, 15) is 0 Å². The van der Waals surface area contributed by atoms with Gasteiger partial charge in [0, 0.05) is 18.6 Å². The first-order valence-electron chi connectivity index (χ1n) is 6.65. The Kier molecular flexibility index (Phi) is 4.19. The first-order valence-corrected chi connectivity index (χ1v) is 6.65. The number of piperidine rings is 1. The first-order chi connectivity index (χ1) is 8.18. The van der Waals surface area contributed by atoms with Gasteiger partial charge >= 0.3 is 0 Å². The Hall–Kier alpha value is -0.860. The minimum Gasteiger partial charge on any atom is -0.310 e. The Balaban J connectivity index is 1.86. The van der Waals surface area contributed by atoms with Crippen LogP contribution in [-0.4, -0.2) is 30.6 Å². The molecule has 0 saturated carbocycles. The zero-order chi connectivity index (χ0) is 12.1. The number of rotatable bonds is 4. The van der Waals surface area contributed by atoms with Gasteiger partial charge in [-0.05, 0) is 38.9 Å². The maximum Gasteiger partial charge on any atom is 0.0280 e. The van der Waals surface area contributed by atoms with Gasteiger partial charge in [-0.25, -0.2) is 0 Å². The van der Waals surface area contributed by atoms with Crippen molar-refractivity contribution in [2.45, 2.75) is 38.3 Å². The zero-order valence-electron chi connectivity index (χ0n) is 11.1. The lowest BCUT2D eigenvalue weighted by molar-refractivity contribution is 0.183. The standard InChI is InChI=1S/C15H24N2/c1-15(10-6-7-11-16-15)13-17(2)12-14-8-4-3-5-9-14/h3-5,8-9,16H,6-7,10-13H2,1-2H3. The quantitative estimate of drug-likeness (QED) is 0.858. The van der Waals surface area contributed by atoms with Gasteiger partial charge < -0.3 is 10.2 Å². The Bertz CT molecular complexity index is 328. The fourth-order valence-electron chi connectivity index (χ4n) is 2.80. The smallest absolute Gasteiger partial charge is 0.0280 e. The second-order valence-corrected chi connectivity index (χ2v) is 5.60. The van der Waals surface area contributed by atoms with Crippen molar-refractivity contribution in [2.24, 2.45) is 0 Å². The van der Waals surface area contributed by atoms with Crippen LogP contribution < -0.4 is 5.32 Å². The fourth-order valence-corrected chi connectivity index (χ4v) is 2.80. The fraction of sp³-hybridized carbons (Fsp3) is 0.600. The van der Waals surface area contributed by atoms with E-state index in [-0.39, 0.29) is 0 Å². The molecule has 1 atom stereocenters. The highest BCUT2D eigenvalue weighted by Gasteiger charge is 2.27. The molecule has 1 aromatic carbocycles. The third kappa shape index (κ3) is 3.83. The highest BCUT2D eigenvalue weighted by molar-refractivity contribution is 5.14. The topological polar surface area (TPSA) is 15.3 Å². The highest BCUT2D eigenvalue weighted by atomic mass is 15.1. The molecule has 2 nitrogen and oxygen atoms in total. The van der Waals surface area contributed by atoms with Crippen molar-refractivity contribution in [3.05, 3.63) is 35.9 Å². The van der Waals surface area contributed by atoms with Gasteiger partial charge in [-0.2, -0.15) is 0 Å². The minimum absolute atomic E-state index is 0.307. The summed E-state index contributed by atoms with van der Waals surface area (Å²) in [5.74, 6) is 0. The SMILES string of the molecule is CN(Cc1ccccc1)CC1(C)CCCCN1. The van der Waals surface area contributed by atoms with E-state index >= 15 is 0 Å². The van der Waals surface area contributed by atoms with Crippen LogP contribution in [-0.2, 0) is 6.54 Å². The lowest BCUT2D eigenvalue weighted by Crippen LogP contribution is -2.52. The molecule has 2 heteroatoms. The van der Waals surface area contributed by atoms with E-state index in [1.54, 1.807) is 0 Å². The van der Waals surface area contributed by atoms with Crippen molar-refractivity contribution >= 4 is 0 Å². The third-order valence-corrected chi connectivity index (χ3v) is 3.62. The van der Waals surface area contributed by atoms with Gasteiger partial charge in [0.2, 0.25) is 0 Å². The normalized spacial score (nSPS) is 25.1. The van der Waals surface area contributed by atoms with Crippen molar-refractivity contribution in [1.82, 2.24) is 10.2 Å². The van der Waals surface area contributed by atoms with Gasteiger partial charge in [0.1, 0.15) is 0 Å². The van der Waals surface area contributed by atoms with Gasteiger partial charge in [0.15, 0.2) is 0 Å². The maximum atomic E-state index is 3.67. The summed E-state index contributed by atoms with van der Waals surface area (Å²) in [6.45, 7) is 5.70. The van der Waals surface area contributed by atoms with Crippen LogP contribution in [0.15, 0.2) is 30.3 Å². The van der Waals surface area contributed by atoms with Gasteiger partial charge in [-0.3, -0.25) is 0 Å². The number of nitrogens with zero attached hydrogens (tertiary/aromatic N) is 1. The molecule has 1 saturated heterocycles. The highest BCUT2D eigenvalue weighted by Crippen LogP contribution is 2.20. The minimum atomic E-state index is 0.307. The van der Waals surface area contributed by atoms with E-state index in [1.807, 2.05) is 0 Å². The Morgan fingerprint density at radius 3 is 2.65 bits per heavy atom. The summed E-state index contributed by atoms with van der Waals surface area (Å²) in [6.07, 6.45) is 3.99. The van der Waals surface area contributed by atoms with E-state index in [1.165, 1.54) is 31.4 Å². The molecule has 17 heavy (non-hydrogen) atoms. The molecule has 0 spiro atoms. The summed E-state index contributed by atoms with van der Waals surface area (Å²) in [6, 6.07) is 10.7. The number of nitrogens with one attached hydrogen (secondary N) is 1. The summed E-state index contributed by atoms with van der Waals surface area (Å²) in [5.41, 5.74) is 1.70. The predicted molar refractivity (Wildman–Crippen MR) is 73.0 cm³/mol. The first kappa shape index (κ1) is 12.6. The van der Waals surface area contributed by atoms with Crippen molar-refractivity contribution in [2.75, 3.05) is 20.1 Å². The van der Waals surface area contributed by atoms with Crippen LogP contribution in [0.2, 0.25) is 0 Å². The molecule has 1 fully saturated rings. The molecule has 0 radical (unpaired) electrons. The van der Waals surface area contributed by atoms with Crippen molar-refractivity contribution < 1.29 is 0 Å². The van der Waals surface area contributed by atoms with Crippen LogP contribution in [0.1, 0.15) is 31.7 Å². The maximum absolute atomic E-state index is 3.67. The average Bonchev–Trinajstić information content (AvgIpc) is 2.30. The molecule has 1 N–H and O–H groups in total. The number of benzene rings is 1. The summed E-state index contributed by atoms with van der Waals surface area (Å²) in [5, 5.41) is 3.67. The van der Waals surface area contributed by atoms with Crippen LogP contribution in [0, 0.1) is 0 Å². The molecule has 1 heterocycles. The second-order valence-electron chi connectivity index (χ2n) is 5.60. The molecule has 1 aliphatic rings. The molecular weight excluding hydrogens is 208 g/mol. The second kappa shape index (κ2) is 5.65. The van der Waals surface area contributed by atoms with Crippen molar-refractivity contribution in [1.29, 1.82) is 0 Å². The lowest BCUT2D eigenvalue weighted by Gasteiger charge is -2.38. The molecule has 1 unspecified atom stereocenters. The largest absolute Gasteiger partial charge is 0.310 e. The van der Waals surface area contributed by atoms with Crippen molar-refractivity contribution in [3.8, 4) is 0 Å². The molecule has 1 aliphatic heterocycles. The van der Waals surface area contributed by atoms with E-state index in [4.69, 9.17) is 0 Å². The molecule has 94 valence electrons. The van der Waals surface area contributed by atoms with E-state index in [0.717, 1.165) is 13.1 Å². The monoisotopic (exact) mass is 232 g/mol. The summed E-state index contributed by atoms with van der Waals surface area (Å²) < 4.78 is 0. The summed E-state index contributed by atoms with van der Waals surface area (Å²) in [7, 11) is 2.22. The third-order valence-electron chi connectivity index (χ3n) is 3.62. The average molecular weight is 232 g/mol. The van der Waals surface area contributed by atoms with Crippen LogP contribution in [0.5, 0.6) is 0 Å². The van der Waals surface area contributed by atoms with Crippen LogP contribution in [0.3, 0.4) is 0 Å². The summed E-state index contributed by atoms with van der Waals surface area (Å²) >= 11 is 0. The zero-order valence-corrected chi connectivity index (χ0v) is 11.1. The van der Waals surface area contributed by atoms with E-state index in [2.05, 4.69) is 54.5 Å². The van der Waals surface area contributed by atoms with Crippen LogP contribution in [0.25, 0.3) is 0 Å².